The third kappa shape index (κ3) is 2.86. The van der Waals surface area contributed by atoms with Crippen LogP contribution >= 0.6 is 11.6 Å². The molecule has 1 N–H and O–H groups in total. The predicted octanol–water partition coefficient (Wildman–Crippen LogP) is 4.59. The summed E-state index contributed by atoms with van der Waals surface area (Å²) >= 11 is 6.05. The van der Waals surface area contributed by atoms with Crippen LogP contribution < -0.4 is 4.90 Å². The molecule has 7 heteroatoms. The number of azide groups is 1. The number of halogens is 1. The molecule has 6 nitrogen and oxygen atoms in total. The SMILES string of the molecule is CC(=O)N1c2ccccc2[C@H]2[C@@H](O)[C@H](N=[N+]=[N-])C[C@H]2[C@H]1c1ccc(Cl)cc1. The van der Waals surface area contributed by atoms with Gasteiger partial charge in [-0.1, -0.05) is 47.0 Å². The maximum atomic E-state index is 12.6. The minimum absolute atomic E-state index is 0.0597. The number of fused-ring (bicyclic) bond motifs is 3. The molecule has 2 aromatic carbocycles. The summed E-state index contributed by atoms with van der Waals surface area (Å²) in [7, 11) is 0. The molecule has 0 saturated heterocycles. The molecule has 0 aromatic heterocycles. The van der Waals surface area contributed by atoms with Crippen molar-refractivity contribution in [2.24, 2.45) is 11.0 Å². The van der Waals surface area contributed by atoms with E-state index in [1.807, 2.05) is 36.4 Å². The Morgan fingerprint density at radius 2 is 1.96 bits per heavy atom. The highest BCUT2D eigenvalue weighted by Gasteiger charge is 2.52. The van der Waals surface area contributed by atoms with Crippen molar-refractivity contribution in [2.45, 2.75) is 37.5 Å². The van der Waals surface area contributed by atoms with Crippen LogP contribution in [0.2, 0.25) is 5.02 Å². The molecule has 0 radical (unpaired) electrons. The molecule has 1 aliphatic carbocycles. The molecule has 1 saturated carbocycles. The van der Waals surface area contributed by atoms with Gasteiger partial charge >= 0.3 is 0 Å². The molecular formula is C20H19ClN4O2. The Balaban J connectivity index is 1.92. The van der Waals surface area contributed by atoms with Crippen molar-refractivity contribution in [1.82, 2.24) is 0 Å². The molecule has 5 atom stereocenters. The molecule has 1 heterocycles. The van der Waals surface area contributed by atoms with Gasteiger partial charge in [-0.3, -0.25) is 4.79 Å². The number of rotatable bonds is 2. The zero-order chi connectivity index (χ0) is 19.1. The minimum Gasteiger partial charge on any atom is -0.392 e. The first-order valence-corrected chi connectivity index (χ1v) is 9.27. The highest BCUT2D eigenvalue weighted by Crippen LogP contribution is 2.56. The molecule has 1 aliphatic heterocycles. The van der Waals surface area contributed by atoms with Crippen LogP contribution in [0.5, 0.6) is 0 Å². The van der Waals surface area contributed by atoms with Crippen LogP contribution in [-0.2, 0) is 4.79 Å². The monoisotopic (exact) mass is 382 g/mol. The molecule has 4 rings (SSSR count). The van der Waals surface area contributed by atoms with Crippen LogP contribution in [0.4, 0.5) is 5.69 Å². The second-order valence-electron chi connectivity index (χ2n) is 7.13. The van der Waals surface area contributed by atoms with Crippen molar-refractivity contribution in [2.75, 3.05) is 4.90 Å². The first kappa shape index (κ1) is 17.9. The Labute approximate surface area is 162 Å². The number of carbonyl (C=O) groups excluding carboxylic acids is 1. The smallest absolute Gasteiger partial charge is 0.224 e. The standard InChI is InChI=1S/C20H19ClN4O2/c1-11(26)25-17-5-3-2-4-14(17)18-15(10-16(20(18)27)23-24-22)19(25)12-6-8-13(21)9-7-12/h2-9,15-16,18-20,27H,10H2,1H3/t15-,16-,18-,19-,20+/m1/s1. The number of benzene rings is 2. The van der Waals surface area contributed by atoms with Crippen molar-refractivity contribution in [3.8, 4) is 0 Å². The Kier molecular flexibility index (Phi) is 4.56. The molecule has 27 heavy (non-hydrogen) atoms. The minimum atomic E-state index is -0.782. The Bertz CT molecular complexity index is 926. The van der Waals surface area contributed by atoms with Gasteiger partial charge in [0.05, 0.1) is 18.2 Å². The fourth-order valence-corrected chi connectivity index (χ4v) is 4.86. The Morgan fingerprint density at radius 3 is 2.63 bits per heavy atom. The lowest BCUT2D eigenvalue weighted by Crippen LogP contribution is -2.43. The van der Waals surface area contributed by atoms with Crippen LogP contribution in [0.15, 0.2) is 53.6 Å². The highest BCUT2D eigenvalue weighted by atomic mass is 35.5. The molecule has 2 aliphatic rings. The summed E-state index contributed by atoms with van der Waals surface area (Å²) in [6, 6.07) is 14.3. The van der Waals surface area contributed by atoms with Crippen molar-refractivity contribution in [1.29, 1.82) is 0 Å². The average Bonchev–Trinajstić information content (AvgIpc) is 2.98. The molecule has 138 valence electrons. The summed E-state index contributed by atoms with van der Waals surface area (Å²) in [6.07, 6.45) is -0.266. The fraction of sp³-hybridized carbons (Fsp3) is 0.350. The number of carbonyl (C=O) groups is 1. The Hall–Kier alpha value is -2.53. The highest BCUT2D eigenvalue weighted by molar-refractivity contribution is 6.30. The number of amides is 1. The molecular weight excluding hydrogens is 364 g/mol. The summed E-state index contributed by atoms with van der Waals surface area (Å²) in [6.45, 7) is 1.55. The van der Waals surface area contributed by atoms with E-state index in [1.165, 1.54) is 0 Å². The van der Waals surface area contributed by atoms with Crippen molar-refractivity contribution in [3.05, 3.63) is 75.1 Å². The van der Waals surface area contributed by atoms with E-state index in [4.69, 9.17) is 17.1 Å². The molecule has 1 fully saturated rings. The van der Waals surface area contributed by atoms with E-state index in [1.54, 1.807) is 24.0 Å². The first-order valence-electron chi connectivity index (χ1n) is 8.89. The lowest BCUT2D eigenvalue weighted by atomic mass is 9.75. The van der Waals surface area contributed by atoms with E-state index in [9.17, 15) is 9.90 Å². The number of hydrogen-bond donors (Lipinski definition) is 1. The zero-order valence-electron chi connectivity index (χ0n) is 14.7. The topological polar surface area (TPSA) is 89.3 Å². The van der Waals surface area contributed by atoms with E-state index in [0.717, 1.165) is 16.8 Å². The van der Waals surface area contributed by atoms with Gasteiger partial charge in [0.15, 0.2) is 0 Å². The summed E-state index contributed by atoms with van der Waals surface area (Å²) < 4.78 is 0. The normalized spacial score (nSPS) is 28.9. The largest absolute Gasteiger partial charge is 0.392 e. The number of para-hydroxylation sites is 1. The number of anilines is 1. The molecule has 0 unspecified atom stereocenters. The van der Waals surface area contributed by atoms with E-state index in [2.05, 4.69) is 10.0 Å². The van der Waals surface area contributed by atoms with Gasteiger partial charge in [0.2, 0.25) is 5.91 Å². The number of hydrogen-bond acceptors (Lipinski definition) is 3. The van der Waals surface area contributed by atoms with Crippen molar-refractivity contribution >= 4 is 23.2 Å². The van der Waals surface area contributed by atoms with Gasteiger partial charge in [-0.25, -0.2) is 0 Å². The van der Waals surface area contributed by atoms with Crippen LogP contribution in [0.25, 0.3) is 10.4 Å². The third-order valence-corrected chi connectivity index (χ3v) is 5.98. The average molecular weight is 383 g/mol. The number of aliphatic hydroxyl groups is 1. The summed E-state index contributed by atoms with van der Waals surface area (Å²) in [5.74, 6) is -0.328. The van der Waals surface area contributed by atoms with Crippen LogP contribution in [0.3, 0.4) is 0 Å². The van der Waals surface area contributed by atoms with Gasteiger partial charge in [-0.15, -0.1) is 0 Å². The van der Waals surface area contributed by atoms with Gasteiger partial charge in [0.25, 0.3) is 0 Å². The lowest BCUT2D eigenvalue weighted by Gasteiger charge is -2.44. The molecule has 0 bridgehead atoms. The first-order chi connectivity index (χ1) is 13.0. The van der Waals surface area contributed by atoms with Gasteiger partial charge in [0, 0.05) is 28.5 Å². The molecule has 1 amide bonds. The van der Waals surface area contributed by atoms with E-state index >= 15 is 0 Å². The Morgan fingerprint density at radius 1 is 1.26 bits per heavy atom. The zero-order valence-corrected chi connectivity index (χ0v) is 15.5. The van der Waals surface area contributed by atoms with Crippen LogP contribution in [0.1, 0.15) is 36.4 Å². The van der Waals surface area contributed by atoms with Crippen LogP contribution in [-0.4, -0.2) is 23.2 Å². The lowest BCUT2D eigenvalue weighted by molar-refractivity contribution is -0.117. The third-order valence-electron chi connectivity index (χ3n) is 5.73. The van der Waals surface area contributed by atoms with E-state index in [-0.39, 0.29) is 23.8 Å². The summed E-state index contributed by atoms with van der Waals surface area (Å²) in [4.78, 5) is 17.4. The van der Waals surface area contributed by atoms with E-state index in [0.29, 0.717) is 11.4 Å². The van der Waals surface area contributed by atoms with E-state index < -0.39 is 12.1 Å². The molecule has 0 spiro atoms. The number of nitrogens with zero attached hydrogens (tertiary/aromatic N) is 4. The van der Waals surface area contributed by atoms with Crippen molar-refractivity contribution < 1.29 is 9.90 Å². The van der Waals surface area contributed by atoms with Crippen molar-refractivity contribution in [3.63, 3.8) is 0 Å². The van der Waals surface area contributed by atoms with Gasteiger partial charge < -0.3 is 10.0 Å². The summed E-state index contributed by atoms with van der Waals surface area (Å²) in [5, 5.41) is 15.4. The summed E-state index contributed by atoms with van der Waals surface area (Å²) in [5.41, 5.74) is 11.6. The second kappa shape index (κ2) is 6.89. The second-order valence-corrected chi connectivity index (χ2v) is 7.57. The quantitative estimate of drug-likeness (QED) is 0.467. The maximum Gasteiger partial charge on any atom is 0.224 e. The fourth-order valence-electron chi connectivity index (χ4n) is 4.73. The number of aliphatic hydroxyl groups excluding tert-OH is 1. The predicted molar refractivity (Wildman–Crippen MR) is 104 cm³/mol. The van der Waals surface area contributed by atoms with Gasteiger partial charge in [-0.05, 0) is 47.2 Å². The maximum absolute atomic E-state index is 12.6. The van der Waals surface area contributed by atoms with Gasteiger partial charge in [0.1, 0.15) is 0 Å². The molecule has 2 aromatic rings. The van der Waals surface area contributed by atoms with Crippen LogP contribution in [0, 0.1) is 5.92 Å². The van der Waals surface area contributed by atoms with Gasteiger partial charge in [-0.2, -0.15) is 0 Å².